The highest BCUT2D eigenvalue weighted by molar-refractivity contribution is 4.79. The van der Waals surface area contributed by atoms with E-state index in [4.69, 9.17) is 5.11 Å². The zero-order chi connectivity index (χ0) is 10.6. The average molecular weight is 203 g/mol. The van der Waals surface area contributed by atoms with Crippen LogP contribution in [0.4, 0.5) is 0 Å². The Balaban J connectivity index is 2.35. The number of hydrogen-bond acceptors (Lipinski definition) is 4. The molecule has 0 aromatic heterocycles. The molecule has 4 heteroatoms. The van der Waals surface area contributed by atoms with Gasteiger partial charge in [-0.05, 0) is 32.7 Å². The summed E-state index contributed by atoms with van der Waals surface area (Å²) in [6.45, 7) is 3.87. The summed E-state index contributed by atoms with van der Waals surface area (Å²) in [7, 11) is 0. The first-order valence-corrected chi connectivity index (χ1v) is 5.27. The van der Waals surface area contributed by atoms with Crippen molar-refractivity contribution in [1.29, 1.82) is 0 Å². The Kier molecular flexibility index (Phi) is 4.31. The summed E-state index contributed by atoms with van der Waals surface area (Å²) < 4.78 is 0. The molecule has 0 spiro atoms. The Hall–Kier alpha value is -0.160. The van der Waals surface area contributed by atoms with Gasteiger partial charge in [-0.3, -0.25) is 0 Å². The normalized spacial score (nSPS) is 32.6. The molecule has 0 saturated carbocycles. The van der Waals surface area contributed by atoms with Crippen molar-refractivity contribution in [1.82, 2.24) is 4.90 Å². The van der Waals surface area contributed by atoms with Gasteiger partial charge < -0.3 is 20.2 Å². The van der Waals surface area contributed by atoms with Crippen molar-refractivity contribution in [2.45, 2.75) is 37.9 Å². The van der Waals surface area contributed by atoms with Gasteiger partial charge in [0.05, 0.1) is 18.3 Å². The van der Waals surface area contributed by atoms with Crippen molar-refractivity contribution in [2.75, 3.05) is 26.2 Å². The van der Waals surface area contributed by atoms with Crippen LogP contribution in [0.3, 0.4) is 0 Å². The Bertz CT molecular complexity index is 173. The molecule has 0 aromatic rings. The Morgan fingerprint density at radius 2 is 2.07 bits per heavy atom. The minimum absolute atomic E-state index is 0.188. The second kappa shape index (κ2) is 5.07. The van der Waals surface area contributed by atoms with Crippen molar-refractivity contribution in [3.8, 4) is 0 Å². The molecule has 1 heterocycles. The highest BCUT2D eigenvalue weighted by Gasteiger charge is 2.25. The Labute approximate surface area is 85.2 Å². The number of hydrogen-bond donors (Lipinski definition) is 3. The van der Waals surface area contributed by atoms with Crippen LogP contribution in [0.5, 0.6) is 0 Å². The first kappa shape index (κ1) is 11.9. The summed E-state index contributed by atoms with van der Waals surface area (Å²) >= 11 is 0. The van der Waals surface area contributed by atoms with Crippen molar-refractivity contribution in [3.63, 3.8) is 0 Å². The van der Waals surface area contributed by atoms with Gasteiger partial charge in [-0.25, -0.2) is 0 Å². The lowest BCUT2D eigenvalue weighted by Crippen LogP contribution is -2.35. The van der Waals surface area contributed by atoms with E-state index in [1.807, 2.05) is 6.92 Å². The molecule has 0 radical (unpaired) electrons. The average Bonchev–Trinajstić information content (AvgIpc) is 2.28. The van der Waals surface area contributed by atoms with E-state index < -0.39 is 11.7 Å². The molecule has 0 aromatic carbocycles. The molecule has 3 N–H and O–H groups in total. The smallest absolute Gasteiger partial charge is 0.0897 e. The summed E-state index contributed by atoms with van der Waals surface area (Å²) in [4.78, 5) is 2.10. The molecule has 0 amide bonds. The van der Waals surface area contributed by atoms with Gasteiger partial charge >= 0.3 is 0 Å². The summed E-state index contributed by atoms with van der Waals surface area (Å²) in [5.41, 5.74) is -0.557. The summed E-state index contributed by atoms with van der Waals surface area (Å²) in [6.07, 6.45) is 1.85. The monoisotopic (exact) mass is 203 g/mol. The number of likely N-dealkylation sites (tertiary alicyclic amines) is 1. The zero-order valence-corrected chi connectivity index (χ0v) is 8.82. The number of aliphatic hydroxyl groups excluding tert-OH is 2. The fraction of sp³-hybridized carbons (Fsp3) is 1.00. The quantitative estimate of drug-likeness (QED) is 0.583. The van der Waals surface area contributed by atoms with Crippen LogP contribution in [0.25, 0.3) is 0 Å². The van der Waals surface area contributed by atoms with Gasteiger partial charge in [0.25, 0.3) is 0 Å². The van der Waals surface area contributed by atoms with E-state index in [9.17, 15) is 10.2 Å². The van der Waals surface area contributed by atoms with Crippen LogP contribution in [0, 0.1) is 0 Å². The highest BCUT2D eigenvalue weighted by atomic mass is 16.3. The number of aliphatic hydroxyl groups is 3. The van der Waals surface area contributed by atoms with Gasteiger partial charge in [0.15, 0.2) is 0 Å². The minimum Gasteiger partial charge on any atom is -0.394 e. The van der Waals surface area contributed by atoms with E-state index in [-0.39, 0.29) is 6.61 Å². The second-order valence-corrected chi connectivity index (χ2v) is 4.49. The lowest BCUT2D eigenvalue weighted by Gasteiger charge is -2.23. The molecule has 1 aliphatic heterocycles. The van der Waals surface area contributed by atoms with Gasteiger partial charge in [0.1, 0.15) is 0 Å². The Morgan fingerprint density at radius 3 is 2.71 bits per heavy atom. The third-order valence-corrected chi connectivity index (χ3v) is 2.84. The van der Waals surface area contributed by atoms with Crippen molar-refractivity contribution >= 4 is 0 Å². The van der Waals surface area contributed by atoms with Crippen LogP contribution in [-0.4, -0.2) is 58.2 Å². The molecule has 2 unspecified atom stereocenters. The van der Waals surface area contributed by atoms with Crippen LogP contribution in [0.15, 0.2) is 0 Å². The lowest BCUT2D eigenvalue weighted by molar-refractivity contribution is 0.0371. The first-order valence-electron chi connectivity index (χ1n) is 5.27. The molecule has 1 rings (SSSR count). The highest BCUT2D eigenvalue weighted by Crippen LogP contribution is 2.21. The van der Waals surface area contributed by atoms with E-state index >= 15 is 0 Å². The molecule has 84 valence electrons. The topological polar surface area (TPSA) is 63.9 Å². The van der Waals surface area contributed by atoms with Crippen LogP contribution in [-0.2, 0) is 0 Å². The number of nitrogens with zero attached hydrogens (tertiary/aromatic N) is 1. The van der Waals surface area contributed by atoms with E-state index in [1.54, 1.807) is 0 Å². The maximum atomic E-state index is 9.82. The maximum absolute atomic E-state index is 9.82. The third kappa shape index (κ3) is 3.92. The zero-order valence-electron chi connectivity index (χ0n) is 8.82. The van der Waals surface area contributed by atoms with Crippen LogP contribution in [0.1, 0.15) is 26.2 Å². The lowest BCUT2D eigenvalue weighted by atomic mass is 9.98. The van der Waals surface area contributed by atoms with E-state index in [0.717, 1.165) is 32.4 Å². The van der Waals surface area contributed by atoms with Crippen LogP contribution in [0.2, 0.25) is 0 Å². The van der Waals surface area contributed by atoms with Gasteiger partial charge in [0, 0.05) is 13.1 Å². The van der Waals surface area contributed by atoms with Crippen LogP contribution < -0.4 is 0 Å². The van der Waals surface area contributed by atoms with Gasteiger partial charge in [-0.1, -0.05) is 0 Å². The summed E-state index contributed by atoms with van der Waals surface area (Å²) in [6, 6.07) is 0. The SMILES string of the molecule is CC1(O)CCCN(CC(O)CO)CC1. The molecule has 1 saturated heterocycles. The van der Waals surface area contributed by atoms with Crippen LogP contribution >= 0.6 is 0 Å². The minimum atomic E-state index is -0.655. The molecule has 0 bridgehead atoms. The summed E-state index contributed by atoms with van der Waals surface area (Å²) in [5, 5.41) is 27.8. The summed E-state index contributed by atoms with van der Waals surface area (Å²) in [5.74, 6) is 0. The predicted octanol–water partition coefficient (Wildman–Crippen LogP) is -0.424. The van der Waals surface area contributed by atoms with Gasteiger partial charge in [-0.15, -0.1) is 0 Å². The molecule has 1 aliphatic rings. The fourth-order valence-corrected chi connectivity index (χ4v) is 1.86. The van der Waals surface area contributed by atoms with Crippen molar-refractivity contribution in [3.05, 3.63) is 0 Å². The first-order chi connectivity index (χ1) is 6.53. The van der Waals surface area contributed by atoms with Gasteiger partial charge in [0.2, 0.25) is 0 Å². The van der Waals surface area contributed by atoms with Gasteiger partial charge in [-0.2, -0.15) is 0 Å². The maximum Gasteiger partial charge on any atom is 0.0897 e. The van der Waals surface area contributed by atoms with E-state index in [1.165, 1.54) is 0 Å². The predicted molar refractivity (Wildman–Crippen MR) is 54.0 cm³/mol. The van der Waals surface area contributed by atoms with Crippen molar-refractivity contribution in [2.24, 2.45) is 0 Å². The van der Waals surface area contributed by atoms with E-state index in [0.29, 0.717) is 6.54 Å². The largest absolute Gasteiger partial charge is 0.394 e. The second-order valence-electron chi connectivity index (χ2n) is 4.49. The third-order valence-electron chi connectivity index (χ3n) is 2.84. The molecule has 2 atom stereocenters. The van der Waals surface area contributed by atoms with Crippen molar-refractivity contribution < 1.29 is 15.3 Å². The molecular formula is C10H21NO3. The molecule has 14 heavy (non-hydrogen) atoms. The number of β-amino-alcohol motifs (C(OH)–C–C–N with tert-alkyl or cyclic N) is 1. The number of rotatable bonds is 3. The standard InChI is InChI=1S/C10H21NO3/c1-10(14)3-2-5-11(6-4-10)7-9(13)8-12/h9,12-14H,2-8H2,1H3. The Morgan fingerprint density at radius 1 is 1.36 bits per heavy atom. The molecule has 0 aliphatic carbocycles. The molecule has 1 fully saturated rings. The molecular weight excluding hydrogens is 182 g/mol. The molecule has 4 nitrogen and oxygen atoms in total. The van der Waals surface area contributed by atoms with E-state index in [2.05, 4.69) is 4.90 Å². The fourth-order valence-electron chi connectivity index (χ4n) is 1.86.